The first-order valence-electron chi connectivity index (χ1n) is 6.55. The van der Waals surface area contributed by atoms with E-state index in [1.807, 2.05) is 5.87 Å². The van der Waals surface area contributed by atoms with Crippen LogP contribution in [0, 0.1) is 4.91 Å². The minimum atomic E-state index is -4.59. The van der Waals surface area contributed by atoms with E-state index in [2.05, 4.69) is 16.0 Å². The Labute approximate surface area is 149 Å². The van der Waals surface area contributed by atoms with Gasteiger partial charge < -0.3 is 5.41 Å². The van der Waals surface area contributed by atoms with Crippen LogP contribution in [-0.4, -0.2) is 5.87 Å². The first-order chi connectivity index (χ1) is 11.8. The average Bonchev–Trinajstić information content (AvgIpc) is 2.56. The molecule has 2 N–H and O–H groups in total. The molecule has 0 heterocycles. The normalized spacial score (nSPS) is 10.8. The third kappa shape index (κ3) is 4.51. The molecule has 5 nitrogen and oxygen atoms in total. The maximum Gasteiger partial charge on any atom is 0.416 e. The van der Waals surface area contributed by atoms with Crippen LogP contribution in [-0.2, 0) is 6.18 Å². The molecule has 0 radical (unpaired) electrons. The van der Waals surface area contributed by atoms with Crippen molar-refractivity contribution in [1.82, 2.24) is 5.43 Å². The minimum Gasteiger partial charge on any atom is -0.761 e. The number of nitrogens with one attached hydrogen (secondary N) is 2. The quantitative estimate of drug-likeness (QED) is 0.397. The molecule has 0 saturated carbocycles. The second-order valence-electron chi connectivity index (χ2n) is 4.69. The largest absolute Gasteiger partial charge is 0.761 e. The van der Waals surface area contributed by atoms with E-state index in [0.29, 0.717) is 17.7 Å². The zero-order valence-electron chi connectivity index (χ0n) is 12.2. The molecule has 25 heavy (non-hydrogen) atoms. The second kappa shape index (κ2) is 7.57. The van der Waals surface area contributed by atoms with Crippen molar-refractivity contribution < 1.29 is 13.2 Å². The van der Waals surface area contributed by atoms with Gasteiger partial charge in [0.05, 0.1) is 27.0 Å². The Hall–Kier alpha value is -2.54. The number of nitrogens with zero attached hydrogens (tertiary/aromatic N) is 2. The standard InChI is InChI=1S/C15H8Cl2F3N4O/c16-11-5-9(15(18,19)20)6-12(17)14(11)23-22-13(7-21)8-1-3-10(24-25)4-2-8/h1-6,22-23H/q-1. The Balaban J connectivity index is 2.22. The summed E-state index contributed by atoms with van der Waals surface area (Å²) in [6, 6.07) is 7.18. The molecule has 0 unspecified atom stereocenters. The van der Waals surface area contributed by atoms with E-state index in [9.17, 15) is 23.5 Å². The van der Waals surface area contributed by atoms with Crippen molar-refractivity contribution in [3.05, 3.63) is 67.9 Å². The van der Waals surface area contributed by atoms with Crippen LogP contribution in [0.25, 0.3) is 11.1 Å². The van der Waals surface area contributed by atoms with E-state index in [1.165, 1.54) is 24.3 Å². The Bertz CT molecular complexity index is 824. The summed E-state index contributed by atoms with van der Waals surface area (Å²) in [5, 5.41) is 11.4. The van der Waals surface area contributed by atoms with Gasteiger partial charge in [-0.3, -0.25) is 10.9 Å². The molecule has 0 fully saturated rings. The lowest BCUT2D eigenvalue weighted by Gasteiger charge is -2.17. The van der Waals surface area contributed by atoms with Gasteiger partial charge in [0, 0.05) is 5.56 Å². The number of hydrogen-bond acceptors (Lipinski definition) is 4. The monoisotopic (exact) mass is 387 g/mol. The summed E-state index contributed by atoms with van der Waals surface area (Å²) in [4.78, 5) is 10.4. The summed E-state index contributed by atoms with van der Waals surface area (Å²) in [5.74, 6) is 1.87. The van der Waals surface area contributed by atoms with Crippen molar-refractivity contribution in [3.63, 3.8) is 0 Å². The zero-order chi connectivity index (χ0) is 18.6. The molecule has 2 aromatic rings. The lowest BCUT2D eigenvalue weighted by Crippen LogP contribution is -2.21. The molecule has 130 valence electrons. The van der Waals surface area contributed by atoms with Gasteiger partial charge in [0.1, 0.15) is 5.69 Å². The summed E-state index contributed by atoms with van der Waals surface area (Å²) >= 11 is 11.7. The van der Waals surface area contributed by atoms with Crippen LogP contribution in [0.5, 0.6) is 0 Å². The van der Waals surface area contributed by atoms with E-state index in [4.69, 9.17) is 23.2 Å². The highest BCUT2D eigenvalue weighted by atomic mass is 35.5. The molecular formula is C15H8Cl2F3N4O-. The number of hydrazine groups is 1. The predicted molar refractivity (Wildman–Crippen MR) is 91.9 cm³/mol. The molecule has 0 bridgehead atoms. The van der Waals surface area contributed by atoms with Gasteiger partial charge in [-0.15, -0.1) is 4.91 Å². The second-order valence-corrected chi connectivity index (χ2v) is 5.50. The third-order valence-electron chi connectivity index (χ3n) is 3.06. The van der Waals surface area contributed by atoms with Gasteiger partial charge >= 0.3 is 6.18 Å². The SMILES string of the molecule is [N-]=C=C(NNc1c(Cl)cc(C(F)(F)F)cc1Cl)c1ccc(N=O)cc1. The van der Waals surface area contributed by atoms with E-state index >= 15 is 0 Å². The number of anilines is 1. The van der Waals surface area contributed by atoms with Crippen molar-refractivity contribution in [3.8, 4) is 0 Å². The fourth-order valence-corrected chi connectivity index (χ4v) is 2.42. The number of halogens is 5. The van der Waals surface area contributed by atoms with Gasteiger partial charge in [0.2, 0.25) is 0 Å². The van der Waals surface area contributed by atoms with E-state index in [0.717, 1.165) is 0 Å². The van der Waals surface area contributed by atoms with Crippen LogP contribution in [0.3, 0.4) is 0 Å². The van der Waals surface area contributed by atoms with Crippen molar-refractivity contribution in [2.45, 2.75) is 6.18 Å². The molecule has 0 atom stereocenters. The summed E-state index contributed by atoms with van der Waals surface area (Å²) in [6.45, 7) is 0. The smallest absolute Gasteiger partial charge is 0.416 e. The van der Waals surface area contributed by atoms with Crippen LogP contribution in [0.1, 0.15) is 11.1 Å². The number of rotatable bonds is 5. The van der Waals surface area contributed by atoms with Crippen molar-refractivity contribution in [2.24, 2.45) is 5.18 Å². The molecule has 0 aromatic heterocycles. The summed E-state index contributed by atoms with van der Waals surface area (Å²) in [7, 11) is 0. The van der Waals surface area contributed by atoms with Crippen molar-refractivity contribution in [2.75, 3.05) is 5.43 Å². The molecule has 0 aliphatic heterocycles. The Morgan fingerprint density at radius 2 is 1.68 bits per heavy atom. The molecular weight excluding hydrogens is 380 g/mol. The number of nitroso groups, excluding NO2 is 1. The highest BCUT2D eigenvalue weighted by Crippen LogP contribution is 2.38. The van der Waals surface area contributed by atoms with Crippen LogP contribution < -0.4 is 10.9 Å². The van der Waals surface area contributed by atoms with Crippen molar-refractivity contribution >= 4 is 46.1 Å². The van der Waals surface area contributed by atoms with Gasteiger partial charge in [-0.25, -0.2) is 5.87 Å². The van der Waals surface area contributed by atoms with Crippen LogP contribution in [0.15, 0.2) is 41.6 Å². The zero-order valence-corrected chi connectivity index (χ0v) is 13.7. The van der Waals surface area contributed by atoms with Crippen molar-refractivity contribution in [1.29, 1.82) is 0 Å². The molecule has 0 saturated heterocycles. The Morgan fingerprint density at radius 1 is 1.12 bits per heavy atom. The number of alkyl halides is 3. The van der Waals surface area contributed by atoms with Crippen LogP contribution >= 0.6 is 23.2 Å². The molecule has 0 amide bonds. The maximum absolute atomic E-state index is 12.7. The lowest BCUT2D eigenvalue weighted by molar-refractivity contribution is -0.137. The predicted octanol–water partition coefficient (Wildman–Crippen LogP) is 5.61. The van der Waals surface area contributed by atoms with E-state index in [1.54, 1.807) is 0 Å². The van der Waals surface area contributed by atoms with Crippen LogP contribution in [0.4, 0.5) is 24.5 Å². The fraction of sp³-hybridized carbons (Fsp3) is 0.0667. The highest BCUT2D eigenvalue weighted by Gasteiger charge is 2.32. The summed E-state index contributed by atoms with van der Waals surface area (Å²) in [5.41, 5.74) is 4.66. The summed E-state index contributed by atoms with van der Waals surface area (Å²) in [6.07, 6.45) is -4.59. The lowest BCUT2D eigenvalue weighted by atomic mass is 10.1. The maximum atomic E-state index is 12.7. The topological polar surface area (TPSA) is 75.8 Å². The van der Waals surface area contributed by atoms with Gasteiger partial charge in [-0.1, -0.05) is 23.2 Å². The van der Waals surface area contributed by atoms with E-state index < -0.39 is 11.7 Å². The molecule has 0 spiro atoms. The van der Waals surface area contributed by atoms with Gasteiger partial charge in [-0.05, 0) is 41.6 Å². The van der Waals surface area contributed by atoms with E-state index in [-0.39, 0.29) is 27.1 Å². The minimum absolute atomic E-state index is 0.0183. The third-order valence-corrected chi connectivity index (χ3v) is 3.65. The van der Waals surface area contributed by atoms with Gasteiger partial charge in [0.15, 0.2) is 0 Å². The number of hydrogen-bond donors (Lipinski definition) is 2. The van der Waals surface area contributed by atoms with Gasteiger partial charge in [-0.2, -0.15) is 13.2 Å². The molecule has 10 heteroatoms. The first kappa shape index (κ1) is 18.8. The Morgan fingerprint density at radius 3 is 2.12 bits per heavy atom. The summed E-state index contributed by atoms with van der Waals surface area (Å²) < 4.78 is 38.1. The molecule has 2 aromatic carbocycles. The molecule has 0 aliphatic rings. The van der Waals surface area contributed by atoms with Gasteiger partial charge in [0.25, 0.3) is 0 Å². The molecule has 0 aliphatic carbocycles. The average molecular weight is 388 g/mol. The number of benzene rings is 2. The fourth-order valence-electron chi connectivity index (χ4n) is 1.83. The van der Waals surface area contributed by atoms with Crippen LogP contribution in [0.2, 0.25) is 10.0 Å². The Kier molecular flexibility index (Phi) is 5.69. The molecule has 2 rings (SSSR count). The first-order valence-corrected chi connectivity index (χ1v) is 7.31. The highest BCUT2D eigenvalue weighted by molar-refractivity contribution is 6.39.